The van der Waals surface area contributed by atoms with Crippen LogP contribution in [0.3, 0.4) is 0 Å². The second-order valence-corrected chi connectivity index (χ2v) is 7.84. The van der Waals surface area contributed by atoms with E-state index in [0.29, 0.717) is 0 Å². The molecule has 0 spiro atoms. The average molecular weight is 371 g/mol. The summed E-state index contributed by atoms with van der Waals surface area (Å²) in [5.74, 6) is 0. The molecule has 7 rings (SSSR count). The van der Waals surface area contributed by atoms with Crippen LogP contribution in [0.2, 0.25) is 0 Å². The van der Waals surface area contributed by atoms with Crippen molar-refractivity contribution in [2.45, 2.75) is 0 Å². The number of rotatable bonds is 0. The minimum absolute atomic E-state index is 0.942. The number of nitrogens with zero attached hydrogens (tertiary/aromatic N) is 1. The third kappa shape index (κ3) is 1.81. The highest BCUT2D eigenvalue weighted by Crippen LogP contribution is 2.40. The molecule has 0 aliphatic rings. The first-order valence-electron chi connectivity index (χ1n) is 9.94. The Bertz CT molecular complexity index is 1760. The van der Waals surface area contributed by atoms with Crippen LogP contribution < -0.4 is 0 Å². The second kappa shape index (κ2) is 5.18. The lowest BCUT2D eigenvalue weighted by Gasteiger charge is -2.08. The normalized spacial score (nSPS) is 12.3. The molecule has 0 aliphatic heterocycles. The van der Waals surface area contributed by atoms with Crippen molar-refractivity contribution in [1.82, 2.24) is 4.57 Å². The van der Waals surface area contributed by atoms with Gasteiger partial charge in [0.1, 0.15) is 11.2 Å². The third-order valence-electron chi connectivity index (χ3n) is 6.39. The zero-order chi connectivity index (χ0) is 19.1. The summed E-state index contributed by atoms with van der Waals surface area (Å²) in [4.78, 5) is 0. The minimum atomic E-state index is 0.942. The Morgan fingerprint density at radius 2 is 1.24 bits per heavy atom. The maximum absolute atomic E-state index is 6.37. The molecule has 0 aliphatic carbocycles. The number of para-hydroxylation sites is 2. The molecule has 136 valence electrons. The predicted molar refractivity (Wildman–Crippen MR) is 123 cm³/mol. The van der Waals surface area contributed by atoms with Gasteiger partial charge in [0, 0.05) is 44.9 Å². The zero-order valence-electron chi connectivity index (χ0n) is 15.9. The summed E-state index contributed by atoms with van der Waals surface area (Å²) in [6.07, 6.45) is 0. The Hall–Kier alpha value is -3.78. The first kappa shape index (κ1) is 15.2. The fourth-order valence-corrected chi connectivity index (χ4v) is 5.08. The van der Waals surface area contributed by atoms with Crippen LogP contribution >= 0.6 is 0 Å². The summed E-state index contributed by atoms with van der Waals surface area (Å²) >= 11 is 0. The molecule has 0 bridgehead atoms. The lowest BCUT2D eigenvalue weighted by atomic mass is 9.97. The molecule has 0 atom stereocenters. The molecule has 2 heteroatoms. The van der Waals surface area contributed by atoms with E-state index in [2.05, 4.69) is 90.5 Å². The van der Waals surface area contributed by atoms with Gasteiger partial charge < -0.3 is 8.98 Å². The number of aryl methyl sites for hydroxylation is 1. The summed E-state index contributed by atoms with van der Waals surface area (Å²) < 4.78 is 8.69. The average Bonchev–Trinajstić information content (AvgIpc) is 3.29. The summed E-state index contributed by atoms with van der Waals surface area (Å²) in [5.41, 5.74) is 4.46. The quantitative estimate of drug-likeness (QED) is 0.252. The Morgan fingerprint density at radius 1 is 0.586 bits per heavy atom. The van der Waals surface area contributed by atoms with Crippen molar-refractivity contribution >= 4 is 65.3 Å². The van der Waals surface area contributed by atoms with Gasteiger partial charge in [-0.2, -0.15) is 0 Å². The summed E-state index contributed by atoms with van der Waals surface area (Å²) in [5, 5.41) is 9.86. The highest BCUT2D eigenvalue weighted by atomic mass is 16.3. The smallest absolute Gasteiger partial charge is 0.143 e. The first-order valence-corrected chi connectivity index (χ1v) is 9.94. The fraction of sp³-hybridized carbons (Fsp3) is 0.0370. The molecular formula is C27H17NO. The molecule has 5 aromatic carbocycles. The Labute approximate surface area is 166 Å². The summed E-state index contributed by atoms with van der Waals surface area (Å²) in [6.45, 7) is 0. The van der Waals surface area contributed by atoms with Gasteiger partial charge in [0.15, 0.2) is 0 Å². The van der Waals surface area contributed by atoms with E-state index in [9.17, 15) is 0 Å². The van der Waals surface area contributed by atoms with Crippen molar-refractivity contribution in [2.24, 2.45) is 7.05 Å². The van der Waals surface area contributed by atoms with Gasteiger partial charge in [0.25, 0.3) is 0 Å². The van der Waals surface area contributed by atoms with Gasteiger partial charge in [-0.15, -0.1) is 0 Å². The van der Waals surface area contributed by atoms with Crippen LogP contribution in [0, 0.1) is 0 Å². The van der Waals surface area contributed by atoms with E-state index in [1.165, 1.54) is 54.1 Å². The van der Waals surface area contributed by atoms with Crippen LogP contribution in [-0.4, -0.2) is 4.57 Å². The standard InChI is InChI=1S/C27H17NO/c1-28-23-8-4-2-6-17(23)20-15-14-19-21(26(20)28)12-10-16-11-13-22-18-7-3-5-9-24(18)29-27(22)25(16)19/h2-15H,1H3. The number of hydrogen-bond acceptors (Lipinski definition) is 1. The lowest BCUT2D eigenvalue weighted by molar-refractivity contribution is 0.673. The molecule has 2 aromatic heterocycles. The Balaban J connectivity index is 1.76. The van der Waals surface area contributed by atoms with Gasteiger partial charge in [-0.25, -0.2) is 0 Å². The fourth-order valence-electron chi connectivity index (χ4n) is 5.08. The van der Waals surface area contributed by atoms with Crippen molar-refractivity contribution in [3.05, 3.63) is 84.9 Å². The topological polar surface area (TPSA) is 18.1 Å². The minimum Gasteiger partial charge on any atom is -0.455 e. The number of aromatic nitrogens is 1. The molecule has 0 radical (unpaired) electrons. The van der Waals surface area contributed by atoms with Crippen LogP contribution in [0.25, 0.3) is 65.3 Å². The van der Waals surface area contributed by atoms with Crippen LogP contribution in [0.1, 0.15) is 0 Å². The van der Waals surface area contributed by atoms with Crippen LogP contribution in [-0.2, 0) is 7.05 Å². The molecule has 7 aromatic rings. The van der Waals surface area contributed by atoms with Crippen molar-refractivity contribution in [2.75, 3.05) is 0 Å². The van der Waals surface area contributed by atoms with Gasteiger partial charge in [-0.05, 0) is 29.0 Å². The summed E-state index contributed by atoms with van der Waals surface area (Å²) in [6, 6.07) is 30.3. The molecule has 2 heterocycles. The van der Waals surface area contributed by atoms with E-state index in [4.69, 9.17) is 4.42 Å². The molecule has 0 amide bonds. The molecule has 0 unspecified atom stereocenters. The van der Waals surface area contributed by atoms with Gasteiger partial charge >= 0.3 is 0 Å². The van der Waals surface area contributed by atoms with Gasteiger partial charge in [-0.1, -0.05) is 66.7 Å². The van der Waals surface area contributed by atoms with Gasteiger partial charge in [-0.3, -0.25) is 0 Å². The lowest BCUT2D eigenvalue weighted by Crippen LogP contribution is -1.88. The van der Waals surface area contributed by atoms with Crippen molar-refractivity contribution in [1.29, 1.82) is 0 Å². The van der Waals surface area contributed by atoms with E-state index in [-0.39, 0.29) is 0 Å². The molecule has 2 nitrogen and oxygen atoms in total. The highest BCUT2D eigenvalue weighted by molar-refractivity contribution is 6.28. The Morgan fingerprint density at radius 3 is 2.14 bits per heavy atom. The van der Waals surface area contributed by atoms with E-state index in [1.807, 2.05) is 6.07 Å². The third-order valence-corrected chi connectivity index (χ3v) is 6.39. The highest BCUT2D eigenvalue weighted by Gasteiger charge is 2.16. The maximum atomic E-state index is 6.37. The first-order chi connectivity index (χ1) is 14.3. The van der Waals surface area contributed by atoms with Crippen molar-refractivity contribution in [3.8, 4) is 0 Å². The molecule has 29 heavy (non-hydrogen) atoms. The van der Waals surface area contributed by atoms with Crippen molar-refractivity contribution < 1.29 is 4.42 Å². The van der Waals surface area contributed by atoms with E-state index in [0.717, 1.165) is 11.2 Å². The summed E-state index contributed by atoms with van der Waals surface area (Å²) in [7, 11) is 2.16. The maximum Gasteiger partial charge on any atom is 0.143 e. The van der Waals surface area contributed by atoms with Crippen LogP contribution in [0.5, 0.6) is 0 Å². The van der Waals surface area contributed by atoms with E-state index < -0.39 is 0 Å². The molecule has 0 saturated heterocycles. The molecule has 0 saturated carbocycles. The van der Waals surface area contributed by atoms with E-state index in [1.54, 1.807) is 0 Å². The molecule has 0 fully saturated rings. The number of benzene rings is 5. The number of furan rings is 1. The number of fused-ring (bicyclic) bond motifs is 11. The van der Waals surface area contributed by atoms with Crippen LogP contribution in [0.4, 0.5) is 0 Å². The zero-order valence-corrected chi connectivity index (χ0v) is 15.9. The predicted octanol–water partition coefficient (Wildman–Crippen LogP) is 7.54. The van der Waals surface area contributed by atoms with E-state index >= 15 is 0 Å². The second-order valence-electron chi connectivity index (χ2n) is 7.84. The van der Waals surface area contributed by atoms with Gasteiger partial charge in [0.2, 0.25) is 0 Å². The number of hydrogen-bond donors (Lipinski definition) is 0. The monoisotopic (exact) mass is 371 g/mol. The Kier molecular flexibility index (Phi) is 2.71. The largest absolute Gasteiger partial charge is 0.455 e. The molecular weight excluding hydrogens is 354 g/mol. The van der Waals surface area contributed by atoms with Crippen LogP contribution in [0.15, 0.2) is 89.3 Å². The molecule has 0 N–H and O–H groups in total. The SMILES string of the molecule is Cn1c2ccccc2c2ccc3c(ccc4ccc5c6ccccc6oc5c43)c21. The van der Waals surface area contributed by atoms with Crippen molar-refractivity contribution in [3.63, 3.8) is 0 Å². The van der Waals surface area contributed by atoms with Gasteiger partial charge in [0.05, 0.1) is 5.52 Å².